The monoisotopic (exact) mass is 551 g/mol. The number of aryl methyl sites for hydroxylation is 1. The lowest BCUT2D eigenvalue weighted by atomic mass is 9.63. The zero-order chi connectivity index (χ0) is 27.5. The first kappa shape index (κ1) is 29.0. The van der Waals surface area contributed by atoms with E-state index < -0.39 is 11.7 Å². The van der Waals surface area contributed by atoms with Gasteiger partial charge in [0.05, 0.1) is 0 Å². The van der Waals surface area contributed by atoms with Gasteiger partial charge in [-0.15, -0.1) is 11.8 Å². The first-order valence-electron chi connectivity index (χ1n) is 13.5. The third kappa shape index (κ3) is 7.33. The summed E-state index contributed by atoms with van der Waals surface area (Å²) in [5.74, 6) is 0.168. The second kappa shape index (κ2) is 12.0. The molecule has 10 heteroatoms. The van der Waals surface area contributed by atoms with E-state index in [2.05, 4.69) is 39.4 Å². The Kier molecular flexibility index (Phi) is 9.15. The largest absolute Gasteiger partial charge is 0.421 e. The molecule has 38 heavy (non-hydrogen) atoms. The molecule has 0 amide bonds. The summed E-state index contributed by atoms with van der Waals surface area (Å²) in [6.07, 6.45) is 3.23. The highest BCUT2D eigenvalue weighted by Gasteiger charge is 2.45. The van der Waals surface area contributed by atoms with Crippen molar-refractivity contribution in [1.29, 1.82) is 0 Å². The molecule has 3 heterocycles. The number of aromatic nitrogens is 2. The number of thioether (sulfide) groups is 1. The Morgan fingerprint density at radius 2 is 1.74 bits per heavy atom. The van der Waals surface area contributed by atoms with Crippen LogP contribution in [-0.2, 0) is 6.18 Å². The van der Waals surface area contributed by atoms with Gasteiger partial charge in [-0.2, -0.15) is 18.2 Å². The summed E-state index contributed by atoms with van der Waals surface area (Å²) in [6, 6.07) is 6.22. The fourth-order valence-electron chi connectivity index (χ4n) is 5.46. The van der Waals surface area contributed by atoms with Crippen LogP contribution in [0.25, 0.3) is 0 Å². The number of likely N-dealkylation sites (tertiary alicyclic amines) is 1. The van der Waals surface area contributed by atoms with Crippen LogP contribution in [0.3, 0.4) is 0 Å². The maximum Gasteiger partial charge on any atom is 0.421 e. The van der Waals surface area contributed by atoms with Gasteiger partial charge >= 0.3 is 6.18 Å². The highest BCUT2D eigenvalue weighted by molar-refractivity contribution is 8.00. The molecule has 5 rings (SSSR count). The molecule has 1 aromatic carbocycles. The average Bonchev–Trinajstić information content (AvgIpc) is 3.35. The van der Waals surface area contributed by atoms with Crippen LogP contribution in [0.4, 0.5) is 30.6 Å². The van der Waals surface area contributed by atoms with E-state index in [1.165, 1.54) is 43.7 Å². The van der Waals surface area contributed by atoms with Crippen LogP contribution >= 0.6 is 11.8 Å². The number of benzene rings is 1. The Hall–Kier alpha value is -2.04. The van der Waals surface area contributed by atoms with Crippen LogP contribution in [0.5, 0.6) is 0 Å². The normalized spacial score (nSPS) is 19.9. The van der Waals surface area contributed by atoms with E-state index in [0.29, 0.717) is 23.8 Å². The van der Waals surface area contributed by atoms with Gasteiger partial charge in [-0.25, -0.2) is 4.98 Å². The molecular weight excluding hydrogens is 511 g/mol. The van der Waals surface area contributed by atoms with Crippen molar-refractivity contribution in [2.45, 2.75) is 81.7 Å². The van der Waals surface area contributed by atoms with Crippen LogP contribution in [0.2, 0.25) is 0 Å². The van der Waals surface area contributed by atoms with Crippen LogP contribution in [-0.4, -0.2) is 64.6 Å². The SMILES string of the molecule is CC(C)O.Cc1cc(SC2CC3(CCN(C)CC3)C2)ccc1Nc1ncc(C(F)(F)F)c(N2CCCC2)n1. The van der Waals surface area contributed by atoms with Gasteiger partial charge < -0.3 is 20.2 Å². The summed E-state index contributed by atoms with van der Waals surface area (Å²) in [4.78, 5) is 13.6. The minimum absolute atomic E-state index is 0.0276. The van der Waals surface area contributed by atoms with Gasteiger partial charge in [0.15, 0.2) is 0 Å². The third-order valence-electron chi connectivity index (χ3n) is 7.60. The Balaban J connectivity index is 0.000000786. The maximum absolute atomic E-state index is 13.5. The minimum Gasteiger partial charge on any atom is -0.394 e. The third-order valence-corrected chi connectivity index (χ3v) is 8.79. The first-order chi connectivity index (χ1) is 17.9. The van der Waals surface area contributed by atoms with Gasteiger partial charge in [-0.3, -0.25) is 0 Å². The van der Waals surface area contributed by atoms with Crippen molar-refractivity contribution in [2.75, 3.05) is 43.4 Å². The molecule has 210 valence electrons. The maximum atomic E-state index is 13.5. The molecule has 3 fully saturated rings. The van der Waals surface area contributed by atoms with Gasteiger partial charge in [-0.1, -0.05) is 0 Å². The number of anilines is 3. The average molecular weight is 552 g/mol. The van der Waals surface area contributed by atoms with E-state index in [-0.39, 0.29) is 17.9 Å². The standard InChI is InChI=1S/C25H32F3N5S.C3H8O/c1-17-13-18(34-19-14-24(15-19)7-11-32(2)12-8-24)5-6-21(17)30-23-29-16-20(25(26,27)28)22(31-23)33-9-3-4-10-33;1-3(2)4/h5-6,13,16,19H,3-4,7-12,14-15H2,1-2H3,(H,29,30,31);3-4H,1-2H3. The molecule has 2 aliphatic heterocycles. The molecule has 2 aromatic rings. The Bertz CT molecular complexity index is 1070. The number of nitrogens with one attached hydrogen (secondary N) is 1. The van der Waals surface area contributed by atoms with E-state index in [0.717, 1.165) is 30.3 Å². The summed E-state index contributed by atoms with van der Waals surface area (Å²) < 4.78 is 40.5. The second-order valence-corrected chi connectivity index (χ2v) is 12.6. The summed E-state index contributed by atoms with van der Waals surface area (Å²) >= 11 is 1.95. The smallest absolute Gasteiger partial charge is 0.394 e. The number of aliphatic hydroxyl groups excluding tert-OH is 1. The highest BCUT2D eigenvalue weighted by atomic mass is 32.2. The van der Waals surface area contributed by atoms with Gasteiger partial charge in [0.2, 0.25) is 5.95 Å². The van der Waals surface area contributed by atoms with Crippen molar-refractivity contribution in [1.82, 2.24) is 14.9 Å². The van der Waals surface area contributed by atoms with Crippen molar-refractivity contribution >= 4 is 29.2 Å². The number of halogens is 3. The molecule has 2 N–H and O–H groups in total. The van der Waals surface area contributed by atoms with Crippen molar-refractivity contribution in [3.05, 3.63) is 35.5 Å². The predicted molar refractivity (Wildman–Crippen MR) is 148 cm³/mol. The lowest BCUT2D eigenvalue weighted by Gasteiger charge is -2.51. The van der Waals surface area contributed by atoms with Crippen LogP contribution in [0.1, 0.15) is 63.5 Å². The first-order valence-corrected chi connectivity index (χ1v) is 14.4. The topological polar surface area (TPSA) is 64.5 Å². The molecule has 2 saturated heterocycles. The fourth-order valence-corrected chi connectivity index (χ4v) is 7.11. The highest BCUT2D eigenvalue weighted by Crippen LogP contribution is 2.54. The Labute approximate surface area is 228 Å². The Morgan fingerprint density at radius 3 is 2.32 bits per heavy atom. The summed E-state index contributed by atoms with van der Waals surface area (Å²) in [5, 5.41) is 11.9. The minimum atomic E-state index is -4.47. The molecule has 1 aliphatic carbocycles. The van der Waals surface area contributed by atoms with E-state index in [1.807, 2.05) is 24.8 Å². The number of hydrogen-bond donors (Lipinski definition) is 2. The van der Waals surface area contributed by atoms with E-state index in [4.69, 9.17) is 5.11 Å². The van der Waals surface area contributed by atoms with Crippen molar-refractivity contribution < 1.29 is 18.3 Å². The molecular formula is C28H40F3N5OS. The molecule has 3 aliphatic rings. The van der Waals surface area contributed by atoms with Crippen LogP contribution in [0, 0.1) is 12.3 Å². The van der Waals surface area contributed by atoms with E-state index in [1.54, 1.807) is 18.7 Å². The molecule has 0 bridgehead atoms. The fraction of sp³-hybridized carbons (Fsp3) is 0.643. The van der Waals surface area contributed by atoms with Crippen LogP contribution < -0.4 is 10.2 Å². The molecule has 0 atom stereocenters. The number of piperidine rings is 1. The zero-order valence-corrected chi connectivity index (χ0v) is 23.6. The van der Waals surface area contributed by atoms with E-state index in [9.17, 15) is 13.2 Å². The van der Waals surface area contributed by atoms with Gasteiger partial charge in [0.1, 0.15) is 11.4 Å². The molecule has 1 spiro atoms. The number of rotatable bonds is 5. The van der Waals surface area contributed by atoms with Crippen molar-refractivity contribution in [2.24, 2.45) is 5.41 Å². The van der Waals surface area contributed by atoms with Gasteiger partial charge in [0.25, 0.3) is 0 Å². The summed E-state index contributed by atoms with van der Waals surface area (Å²) in [5.41, 5.74) is 1.64. The van der Waals surface area contributed by atoms with Gasteiger partial charge in [0, 0.05) is 41.2 Å². The lowest BCUT2D eigenvalue weighted by molar-refractivity contribution is -0.137. The summed E-state index contributed by atoms with van der Waals surface area (Å²) in [7, 11) is 2.21. The number of hydrogen-bond acceptors (Lipinski definition) is 7. The van der Waals surface area contributed by atoms with Crippen molar-refractivity contribution in [3.8, 4) is 0 Å². The molecule has 1 aromatic heterocycles. The molecule has 6 nitrogen and oxygen atoms in total. The molecule has 1 saturated carbocycles. The van der Waals surface area contributed by atoms with E-state index >= 15 is 0 Å². The Morgan fingerprint density at radius 1 is 1.11 bits per heavy atom. The zero-order valence-electron chi connectivity index (χ0n) is 22.8. The number of aliphatic hydroxyl groups is 1. The van der Waals surface area contributed by atoms with Gasteiger partial charge in [-0.05, 0) is 109 Å². The number of nitrogens with zero attached hydrogens (tertiary/aromatic N) is 4. The van der Waals surface area contributed by atoms with Crippen LogP contribution in [0.15, 0.2) is 29.3 Å². The second-order valence-electron chi connectivity index (χ2n) is 11.3. The lowest BCUT2D eigenvalue weighted by Crippen LogP contribution is -2.47. The molecule has 0 unspecified atom stereocenters. The van der Waals surface area contributed by atoms with Crippen molar-refractivity contribution in [3.63, 3.8) is 0 Å². The predicted octanol–water partition coefficient (Wildman–Crippen LogP) is 6.50. The number of alkyl halides is 3. The quantitative estimate of drug-likeness (QED) is 0.440. The molecule has 0 radical (unpaired) electrons. The summed E-state index contributed by atoms with van der Waals surface area (Å²) in [6.45, 7) is 9.05.